The van der Waals surface area contributed by atoms with Gasteiger partial charge in [-0.15, -0.1) is 0 Å². The third-order valence-electron chi connectivity index (χ3n) is 3.18. The second-order valence-electron chi connectivity index (χ2n) is 4.69. The third-order valence-corrected chi connectivity index (χ3v) is 3.18. The molecule has 0 aliphatic heterocycles. The normalized spacial score (nSPS) is 11.4. The van der Waals surface area contributed by atoms with Crippen LogP contribution in [0.25, 0.3) is 28.0 Å². The van der Waals surface area contributed by atoms with Gasteiger partial charge in [0.15, 0.2) is 0 Å². The highest BCUT2D eigenvalue weighted by molar-refractivity contribution is 6.05. The van der Waals surface area contributed by atoms with Gasteiger partial charge in [0.25, 0.3) is 0 Å². The van der Waals surface area contributed by atoms with Gasteiger partial charge in [0, 0.05) is 24.2 Å². The molecule has 3 aromatic rings. The van der Waals surface area contributed by atoms with Crippen molar-refractivity contribution in [3.8, 4) is 0 Å². The highest BCUT2D eigenvalue weighted by Gasteiger charge is 2.05. The number of fused-ring (bicyclic) bond motifs is 3. The maximum absolute atomic E-state index is 10.8. The van der Waals surface area contributed by atoms with E-state index in [1.807, 2.05) is 42.5 Å². The van der Waals surface area contributed by atoms with Crippen LogP contribution in [0.3, 0.4) is 0 Å². The zero-order chi connectivity index (χ0) is 13.9. The highest BCUT2D eigenvalue weighted by atomic mass is 16.3. The van der Waals surface area contributed by atoms with Crippen molar-refractivity contribution in [3.63, 3.8) is 0 Å². The topological polar surface area (TPSA) is 42.2 Å². The number of amides is 1. The number of rotatable bonds is 3. The van der Waals surface area contributed by atoms with E-state index >= 15 is 0 Å². The van der Waals surface area contributed by atoms with Crippen LogP contribution < -0.4 is 5.32 Å². The largest absolute Gasteiger partial charge is 0.456 e. The Hall–Kier alpha value is -2.55. The Kier molecular flexibility index (Phi) is 3.25. The summed E-state index contributed by atoms with van der Waals surface area (Å²) < 4.78 is 5.78. The first-order valence-corrected chi connectivity index (χ1v) is 6.56. The number of para-hydroxylation sites is 1. The van der Waals surface area contributed by atoms with E-state index in [0.717, 1.165) is 27.5 Å². The summed E-state index contributed by atoms with van der Waals surface area (Å²) in [6.07, 6.45) is 3.93. The van der Waals surface area contributed by atoms with Crippen LogP contribution in [-0.4, -0.2) is 12.5 Å². The predicted molar refractivity (Wildman–Crippen MR) is 81.4 cm³/mol. The maximum Gasteiger partial charge on any atom is 0.217 e. The molecule has 0 spiro atoms. The van der Waals surface area contributed by atoms with Crippen molar-refractivity contribution >= 4 is 33.9 Å². The fourth-order valence-corrected chi connectivity index (χ4v) is 2.25. The Bertz CT molecular complexity index is 799. The van der Waals surface area contributed by atoms with Crippen molar-refractivity contribution in [3.05, 3.63) is 54.1 Å². The lowest BCUT2D eigenvalue weighted by Gasteiger charge is -1.96. The van der Waals surface area contributed by atoms with Gasteiger partial charge >= 0.3 is 0 Å². The first-order chi connectivity index (χ1) is 9.74. The van der Waals surface area contributed by atoms with Gasteiger partial charge < -0.3 is 9.73 Å². The van der Waals surface area contributed by atoms with E-state index in [1.165, 1.54) is 6.92 Å². The quantitative estimate of drug-likeness (QED) is 0.784. The van der Waals surface area contributed by atoms with Gasteiger partial charge in [-0.25, -0.2) is 0 Å². The molecule has 20 heavy (non-hydrogen) atoms. The van der Waals surface area contributed by atoms with Crippen molar-refractivity contribution in [1.29, 1.82) is 0 Å². The molecule has 1 N–H and O–H groups in total. The van der Waals surface area contributed by atoms with Crippen molar-refractivity contribution < 1.29 is 9.21 Å². The number of carbonyl (C=O) groups is 1. The number of hydrogen-bond donors (Lipinski definition) is 1. The molecule has 0 aliphatic rings. The lowest BCUT2D eigenvalue weighted by atomic mass is 10.1. The van der Waals surface area contributed by atoms with Gasteiger partial charge in [-0.3, -0.25) is 4.79 Å². The minimum Gasteiger partial charge on any atom is -0.456 e. The lowest BCUT2D eigenvalue weighted by Crippen LogP contribution is -2.19. The average Bonchev–Trinajstić information content (AvgIpc) is 2.81. The third kappa shape index (κ3) is 2.43. The molecule has 2 aromatic carbocycles. The zero-order valence-corrected chi connectivity index (χ0v) is 11.2. The molecule has 0 fully saturated rings. The van der Waals surface area contributed by atoms with Gasteiger partial charge in [0.2, 0.25) is 5.91 Å². The molecule has 0 unspecified atom stereocenters. The number of carbonyl (C=O) groups excluding carboxylic acids is 1. The minimum absolute atomic E-state index is 0.0223. The summed E-state index contributed by atoms with van der Waals surface area (Å²) in [7, 11) is 0. The second-order valence-corrected chi connectivity index (χ2v) is 4.69. The fourth-order valence-electron chi connectivity index (χ4n) is 2.25. The van der Waals surface area contributed by atoms with E-state index in [2.05, 4.69) is 17.4 Å². The van der Waals surface area contributed by atoms with Crippen LogP contribution in [0.15, 0.2) is 53.0 Å². The smallest absolute Gasteiger partial charge is 0.217 e. The van der Waals surface area contributed by atoms with Crippen LogP contribution in [0, 0.1) is 0 Å². The van der Waals surface area contributed by atoms with Gasteiger partial charge in [-0.05, 0) is 23.8 Å². The number of benzene rings is 2. The summed E-state index contributed by atoms with van der Waals surface area (Å²) >= 11 is 0. The van der Waals surface area contributed by atoms with Gasteiger partial charge in [-0.1, -0.05) is 36.4 Å². The molecular formula is C17H15NO2. The van der Waals surface area contributed by atoms with Crippen LogP contribution in [0.5, 0.6) is 0 Å². The van der Waals surface area contributed by atoms with E-state index in [4.69, 9.17) is 4.42 Å². The molecule has 0 saturated heterocycles. The molecule has 3 nitrogen and oxygen atoms in total. The highest BCUT2D eigenvalue weighted by Crippen LogP contribution is 2.29. The van der Waals surface area contributed by atoms with Crippen molar-refractivity contribution in [2.24, 2.45) is 0 Å². The van der Waals surface area contributed by atoms with Gasteiger partial charge in [0.05, 0.1) is 0 Å². The summed E-state index contributed by atoms with van der Waals surface area (Å²) in [6.45, 7) is 2.05. The fraction of sp³-hybridized carbons (Fsp3) is 0.118. The molecule has 0 aliphatic carbocycles. The summed E-state index contributed by atoms with van der Waals surface area (Å²) in [5.74, 6) is -0.0223. The molecule has 1 amide bonds. The molecule has 0 atom stereocenters. The van der Waals surface area contributed by atoms with Crippen LogP contribution in [-0.2, 0) is 4.79 Å². The van der Waals surface area contributed by atoms with Crippen molar-refractivity contribution in [2.75, 3.05) is 6.54 Å². The van der Waals surface area contributed by atoms with E-state index in [9.17, 15) is 4.79 Å². The summed E-state index contributed by atoms with van der Waals surface area (Å²) in [5, 5.41) is 4.97. The first kappa shape index (κ1) is 12.5. The van der Waals surface area contributed by atoms with Crippen LogP contribution in [0.4, 0.5) is 0 Å². The SMILES string of the molecule is CC(=O)NCC=Cc1ccc2oc3ccccc3c2c1. The monoisotopic (exact) mass is 265 g/mol. The molecule has 1 aromatic heterocycles. The molecule has 0 radical (unpaired) electrons. The molecule has 3 rings (SSSR count). The van der Waals surface area contributed by atoms with E-state index in [-0.39, 0.29) is 5.91 Å². The Balaban J connectivity index is 1.93. The maximum atomic E-state index is 10.8. The van der Waals surface area contributed by atoms with E-state index < -0.39 is 0 Å². The molecule has 100 valence electrons. The molecule has 3 heteroatoms. The first-order valence-electron chi connectivity index (χ1n) is 6.56. The molecular weight excluding hydrogens is 250 g/mol. The van der Waals surface area contributed by atoms with Gasteiger partial charge in [0.1, 0.15) is 11.2 Å². The van der Waals surface area contributed by atoms with Crippen molar-refractivity contribution in [2.45, 2.75) is 6.92 Å². The molecule has 1 heterocycles. The lowest BCUT2D eigenvalue weighted by molar-refractivity contribution is -0.118. The minimum atomic E-state index is -0.0223. The summed E-state index contributed by atoms with van der Waals surface area (Å²) in [5.41, 5.74) is 2.89. The average molecular weight is 265 g/mol. The van der Waals surface area contributed by atoms with Gasteiger partial charge in [-0.2, -0.15) is 0 Å². The molecule has 0 bridgehead atoms. The Morgan fingerprint density at radius 1 is 1.15 bits per heavy atom. The molecule has 0 saturated carbocycles. The predicted octanol–water partition coefficient (Wildman–Crippen LogP) is 3.74. The van der Waals surface area contributed by atoms with Crippen LogP contribution in [0.2, 0.25) is 0 Å². The Morgan fingerprint density at radius 3 is 2.80 bits per heavy atom. The van der Waals surface area contributed by atoms with Crippen molar-refractivity contribution in [1.82, 2.24) is 5.32 Å². The summed E-state index contributed by atoms with van der Waals surface area (Å²) in [4.78, 5) is 10.8. The number of furan rings is 1. The summed E-state index contributed by atoms with van der Waals surface area (Å²) in [6, 6.07) is 14.1. The zero-order valence-electron chi connectivity index (χ0n) is 11.2. The standard InChI is InChI=1S/C17H15NO2/c1-12(19)18-10-4-5-13-8-9-17-15(11-13)14-6-2-3-7-16(14)20-17/h2-9,11H,10H2,1H3,(H,18,19). The van der Waals surface area contributed by atoms with E-state index in [0.29, 0.717) is 6.54 Å². The van der Waals surface area contributed by atoms with Crippen LogP contribution >= 0.6 is 0 Å². The Labute approximate surface area is 116 Å². The van der Waals surface area contributed by atoms with E-state index in [1.54, 1.807) is 0 Å². The number of hydrogen-bond acceptors (Lipinski definition) is 2. The Morgan fingerprint density at radius 2 is 1.95 bits per heavy atom. The number of nitrogens with one attached hydrogen (secondary N) is 1. The second kappa shape index (κ2) is 5.21. The van der Waals surface area contributed by atoms with Crippen LogP contribution in [0.1, 0.15) is 12.5 Å².